The Balaban J connectivity index is 2.54. The van der Waals surface area contributed by atoms with Crippen LogP contribution in [-0.4, -0.2) is 52.5 Å². The summed E-state index contributed by atoms with van der Waals surface area (Å²) >= 11 is 1.58. The highest BCUT2D eigenvalue weighted by Crippen LogP contribution is 2.29. The van der Waals surface area contributed by atoms with Crippen molar-refractivity contribution < 1.29 is 19.1 Å². The lowest BCUT2D eigenvalue weighted by Crippen LogP contribution is -2.54. The minimum absolute atomic E-state index is 0.314. The van der Waals surface area contributed by atoms with Crippen molar-refractivity contribution in [3.05, 3.63) is 64.7 Å². The molecule has 2 rings (SSSR count). The number of para-hydroxylation sites is 1. The predicted molar refractivity (Wildman–Crippen MR) is 157 cm³/mol. The molecule has 3 amide bonds. The van der Waals surface area contributed by atoms with E-state index < -0.39 is 23.8 Å². The van der Waals surface area contributed by atoms with Crippen LogP contribution in [0.15, 0.2) is 42.5 Å². The first-order valence-electron chi connectivity index (χ1n) is 13.0. The number of carbonyl (C=O) groups is 3. The van der Waals surface area contributed by atoms with E-state index >= 15 is 0 Å². The summed E-state index contributed by atoms with van der Waals surface area (Å²) in [6, 6.07) is 11.3. The summed E-state index contributed by atoms with van der Waals surface area (Å²) in [5.41, 5.74) is 3.74. The van der Waals surface area contributed by atoms with Crippen LogP contribution in [0.4, 0.5) is 10.5 Å². The molecule has 7 nitrogen and oxygen atoms in total. The van der Waals surface area contributed by atoms with E-state index in [1.807, 2.05) is 83.3 Å². The SMILES string of the molecule is CSCCC(NC(=O)OC(C)(C)C)C(=O)N(C(C)C)C(C(=O)Nc1ccccc1C)c1ccc(C)c(C)c1. The first-order valence-corrected chi connectivity index (χ1v) is 14.4. The smallest absolute Gasteiger partial charge is 0.408 e. The lowest BCUT2D eigenvalue weighted by Gasteiger charge is -2.37. The molecule has 0 fully saturated rings. The number of thioether (sulfide) groups is 1. The van der Waals surface area contributed by atoms with E-state index in [0.717, 1.165) is 16.7 Å². The van der Waals surface area contributed by atoms with Gasteiger partial charge in [0.05, 0.1) is 0 Å². The van der Waals surface area contributed by atoms with Crippen molar-refractivity contribution in [2.45, 2.75) is 85.5 Å². The van der Waals surface area contributed by atoms with Gasteiger partial charge in [-0.15, -0.1) is 0 Å². The minimum Gasteiger partial charge on any atom is -0.444 e. The van der Waals surface area contributed by atoms with Gasteiger partial charge in [-0.3, -0.25) is 9.59 Å². The fourth-order valence-electron chi connectivity index (χ4n) is 4.09. The number of aryl methyl sites for hydroxylation is 3. The first kappa shape index (κ1) is 31.2. The fraction of sp³-hybridized carbons (Fsp3) is 0.500. The average molecular weight is 542 g/mol. The highest BCUT2D eigenvalue weighted by molar-refractivity contribution is 7.98. The highest BCUT2D eigenvalue weighted by Gasteiger charge is 2.38. The van der Waals surface area contributed by atoms with E-state index in [1.165, 1.54) is 0 Å². The molecule has 0 radical (unpaired) electrons. The summed E-state index contributed by atoms with van der Waals surface area (Å²) in [7, 11) is 0. The van der Waals surface area contributed by atoms with Crippen LogP contribution in [0.1, 0.15) is 69.3 Å². The maximum Gasteiger partial charge on any atom is 0.408 e. The zero-order chi connectivity index (χ0) is 28.6. The monoisotopic (exact) mass is 541 g/mol. The lowest BCUT2D eigenvalue weighted by atomic mass is 9.97. The molecular weight excluding hydrogens is 498 g/mol. The Morgan fingerprint density at radius 1 is 0.974 bits per heavy atom. The normalized spacial score (nSPS) is 13.0. The summed E-state index contributed by atoms with van der Waals surface area (Å²) in [5, 5.41) is 5.81. The van der Waals surface area contributed by atoms with Crippen LogP contribution in [0.25, 0.3) is 0 Å². The van der Waals surface area contributed by atoms with Crippen LogP contribution >= 0.6 is 11.8 Å². The maximum atomic E-state index is 14.1. The molecule has 0 saturated heterocycles. The molecule has 0 aromatic heterocycles. The number of benzene rings is 2. The molecule has 2 N–H and O–H groups in total. The second kappa shape index (κ2) is 13.7. The van der Waals surface area contributed by atoms with Gasteiger partial charge in [0.15, 0.2) is 0 Å². The second-order valence-electron chi connectivity index (χ2n) is 10.9. The molecule has 0 spiro atoms. The highest BCUT2D eigenvalue weighted by atomic mass is 32.2. The van der Waals surface area contributed by atoms with E-state index in [-0.39, 0.29) is 17.9 Å². The summed E-state index contributed by atoms with van der Waals surface area (Å²) in [5.74, 6) is 0.00976. The largest absolute Gasteiger partial charge is 0.444 e. The van der Waals surface area contributed by atoms with Gasteiger partial charge in [-0.1, -0.05) is 36.4 Å². The van der Waals surface area contributed by atoms with E-state index in [1.54, 1.807) is 37.4 Å². The van der Waals surface area contributed by atoms with Gasteiger partial charge < -0.3 is 20.3 Å². The van der Waals surface area contributed by atoms with Crippen LogP contribution in [0, 0.1) is 20.8 Å². The Kier molecular flexibility index (Phi) is 11.2. The third kappa shape index (κ3) is 8.79. The van der Waals surface area contributed by atoms with Gasteiger partial charge in [0, 0.05) is 11.7 Å². The number of alkyl carbamates (subject to hydrolysis) is 1. The quantitative estimate of drug-likeness (QED) is 0.375. The van der Waals surface area contributed by atoms with E-state index in [9.17, 15) is 14.4 Å². The number of rotatable bonds is 10. The number of nitrogens with zero attached hydrogens (tertiary/aromatic N) is 1. The van der Waals surface area contributed by atoms with Gasteiger partial charge in [0.1, 0.15) is 17.7 Å². The summed E-state index contributed by atoms with van der Waals surface area (Å²) in [6.07, 6.45) is 1.69. The Morgan fingerprint density at radius 2 is 1.63 bits per heavy atom. The van der Waals surface area contributed by atoms with Crippen molar-refractivity contribution in [3.8, 4) is 0 Å². The van der Waals surface area contributed by atoms with Gasteiger partial charge in [0.2, 0.25) is 5.91 Å². The third-order valence-electron chi connectivity index (χ3n) is 6.19. The van der Waals surface area contributed by atoms with Crippen LogP contribution in [0.5, 0.6) is 0 Å². The van der Waals surface area contributed by atoms with E-state index in [2.05, 4.69) is 10.6 Å². The van der Waals surface area contributed by atoms with Crippen LogP contribution < -0.4 is 10.6 Å². The molecule has 0 aliphatic rings. The molecule has 0 bridgehead atoms. The average Bonchev–Trinajstić information content (AvgIpc) is 2.81. The summed E-state index contributed by atoms with van der Waals surface area (Å²) in [4.78, 5) is 42.3. The standard InChI is InChI=1S/C30H43N3O4S/c1-19(2)33(28(35)25(16-17-38-9)32-29(36)37-30(6,7)8)26(23-15-14-20(3)22(5)18-23)27(34)31-24-13-11-10-12-21(24)4/h10-15,18-19,25-26H,16-17H2,1-9H3,(H,31,34)(H,32,36). The van der Waals surface area contributed by atoms with Crippen LogP contribution in [0.3, 0.4) is 0 Å². The number of nitrogens with one attached hydrogen (secondary N) is 2. The number of carbonyl (C=O) groups excluding carboxylic acids is 3. The molecule has 208 valence electrons. The van der Waals surface area contributed by atoms with Crippen molar-refractivity contribution >= 4 is 35.4 Å². The zero-order valence-corrected chi connectivity index (χ0v) is 25.0. The Hall–Kier alpha value is -3.00. The van der Waals surface area contributed by atoms with E-state index in [0.29, 0.717) is 23.4 Å². The Labute approximate surface area is 232 Å². The van der Waals surface area contributed by atoms with Gasteiger partial charge in [-0.2, -0.15) is 11.8 Å². The Bertz CT molecular complexity index is 1130. The third-order valence-corrected chi connectivity index (χ3v) is 6.83. The topological polar surface area (TPSA) is 87.7 Å². The number of hydrogen-bond donors (Lipinski definition) is 2. The van der Waals surface area contributed by atoms with E-state index in [4.69, 9.17) is 4.74 Å². The molecule has 0 heterocycles. The van der Waals surface area contributed by atoms with Crippen molar-refractivity contribution in [1.29, 1.82) is 0 Å². The van der Waals surface area contributed by atoms with Gasteiger partial charge in [-0.05, 0) is 102 Å². The number of amides is 3. The molecule has 2 atom stereocenters. The maximum absolute atomic E-state index is 14.1. The number of anilines is 1. The molecule has 2 unspecified atom stereocenters. The minimum atomic E-state index is -0.904. The summed E-state index contributed by atoms with van der Waals surface area (Å²) in [6.45, 7) is 15.0. The predicted octanol–water partition coefficient (Wildman–Crippen LogP) is 6.18. The van der Waals surface area contributed by atoms with Crippen LogP contribution in [-0.2, 0) is 14.3 Å². The fourth-order valence-corrected chi connectivity index (χ4v) is 4.56. The Morgan fingerprint density at radius 3 is 2.18 bits per heavy atom. The molecule has 0 aliphatic heterocycles. The first-order chi connectivity index (χ1) is 17.7. The molecule has 0 saturated carbocycles. The molecule has 2 aromatic rings. The van der Waals surface area contributed by atoms with Gasteiger partial charge in [-0.25, -0.2) is 4.79 Å². The van der Waals surface area contributed by atoms with Crippen molar-refractivity contribution in [2.24, 2.45) is 0 Å². The molecule has 38 heavy (non-hydrogen) atoms. The van der Waals surface area contributed by atoms with Crippen LogP contribution in [0.2, 0.25) is 0 Å². The summed E-state index contributed by atoms with van der Waals surface area (Å²) < 4.78 is 5.45. The van der Waals surface area contributed by atoms with Gasteiger partial charge in [0.25, 0.3) is 5.91 Å². The molecule has 8 heteroatoms. The number of ether oxygens (including phenoxy) is 1. The molecule has 0 aliphatic carbocycles. The zero-order valence-electron chi connectivity index (χ0n) is 24.2. The lowest BCUT2D eigenvalue weighted by molar-refractivity contribution is -0.143. The molecular formula is C30H43N3O4S. The van der Waals surface area contributed by atoms with Gasteiger partial charge >= 0.3 is 6.09 Å². The van der Waals surface area contributed by atoms with Crippen molar-refractivity contribution in [3.63, 3.8) is 0 Å². The second-order valence-corrected chi connectivity index (χ2v) is 11.9. The molecule has 2 aromatic carbocycles. The van der Waals surface area contributed by atoms with Crippen molar-refractivity contribution in [2.75, 3.05) is 17.3 Å². The number of hydrogen-bond acceptors (Lipinski definition) is 5. The van der Waals surface area contributed by atoms with Crippen molar-refractivity contribution in [1.82, 2.24) is 10.2 Å².